The Balaban J connectivity index is 1.93. The van der Waals surface area contributed by atoms with Crippen LogP contribution in [0.5, 0.6) is 0 Å². The number of benzene rings is 1. The molecule has 0 saturated carbocycles. The van der Waals surface area contributed by atoms with Crippen molar-refractivity contribution >= 4 is 11.9 Å². The SMILES string of the molecule is CC(C)COC1CCN(C(=O)c2ccc(C(=O)O)cc2)C1. The zero-order chi connectivity index (χ0) is 15.4. The minimum atomic E-state index is -0.989. The molecule has 21 heavy (non-hydrogen) atoms. The molecule has 0 radical (unpaired) electrons. The van der Waals surface area contributed by atoms with E-state index in [-0.39, 0.29) is 17.6 Å². The van der Waals surface area contributed by atoms with Crippen molar-refractivity contribution < 1.29 is 19.4 Å². The van der Waals surface area contributed by atoms with Gasteiger partial charge in [-0.1, -0.05) is 13.8 Å². The molecule has 1 aromatic rings. The van der Waals surface area contributed by atoms with Gasteiger partial charge < -0.3 is 14.7 Å². The van der Waals surface area contributed by atoms with Crippen LogP contribution in [0.4, 0.5) is 0 Å². The number of rotatable bonds is 5. The van der Waals surface area contributed by atoms with Gasteiger partial charge in [0.2, 0.25) is 0 Å². The van der Waals surface area contributed by atoms with E-state index in [1.165, 1.54) is 12.1 Å². The van der Waals surface area contributed by atoms with Crippen LogP contribution in [-0.4, -0.2) is 47.7 Å². The Kier molecular flexibility index (Phi) is 4.96. The number of ether oxygens (including phenoxy) is 1. The molecule has 1 amide bonds. The smallest absolute Gasteiger partial charge is 0.335 e. The molecule has 1 aromatic carbocycles. The second kappa shape index (κ2) is 6.72. The van der Waals surface area contributed by atoms with Gasteiger partial charge in [0, 0.05) is 25.3 Å². The van der Waals surface area contributed by atoms with Gasteiger partial charge in [0.25, 0.3) is 5.91 Å². The van der Waals surface area contributed by atoms with E-state index in [0.29, 0.717) is 31.2 Å². The molecule has 0 aliphatic carbocycles. The first-order valence-corrected chi connectivity index (χ1v) is 7.21. The maximum atomic E-state index is 12.3. The summed E-state index contributed by atoms with van der Waals surface area (Å²) in [6.45, 7) is 6.19. The maximum Gasteiger partial charge on any atom is 0.335 e. The molecule has 1 aliphatic rings. The molecule has 1 N–H and O–H groups in total. The van der Waals surface area contributed by atoms with Crippen molar-refractivity contribution in [2.24, 2.45) is 5.92 Å². The standard InChI is InChI=1S/C16H21NO4/c1-11(2)10-21-14-7-8-17(9-14)15(18)12-3-5-13(6-4-12)16(19)20/h3-6,11,14H,7-10H2,1-2H3,(H,19,20). The summed E-state index contributed by atoms with van der Waals surface area (Å²) in [5.41, 5.74) is 0.704. The predicted molar refractivity (Wildman–Crippen MR) is 78.5 cm³/mol. The number of carboxylic acids is 1. The number of likely N-dealkylation sites (tertiary alicyclic amines) is 1. The molecule has 5 heteroatoms. The summed E-state index contributed by atoms with van der Waals surface area (Å²) >= 11 is 0. The van der Waals surface area contributed by atoms with E-state index >= 15 is 0 Å². The van der Waals surface area contributed by atoms with Crippen molar-refractivity contribution in [2.75, 3.05) is 19.7 Å². The lowest BCUT2D eigenvalue weighted by molar-refractivity contribution is 0.0396. The summed E-state index contributed by atoms with van der Waals surface area (Å²) in [7, 11) is 0. The number of carbonyl (C=O) groups is 2. The topological polar surface area (TPSA) is 66.8 Å². The minimum Gasteiger partial charge on any atom is -0.478 e. The fourth-order valence-corrected chi connectivity index (χ4v) is 2.32. The number of nitrogens with zero attached hydrogens (tertiary/aromatic N) is 1. The lowest BCUT2D eigenvalue weighted by Gasteiger charge is -2.17. The van der Waals surface area contributed by atoms with E-state index in [2.05, 4.69) is 13.8 Å². The number of hydrogen-bond donors (Lipinski definition) is 1. The van der Waals surface area contributed by atoms with E-state index in [1.54, 1.807) is 17.0 Å². The third-order valence-corrected chi connectivity index (χ3v) is 3.48. The third kappa shape index (κ3) is 4.04. The molecule has 1 aliphatic heterocycles. The zero-order valence-electron chi connectivity index (χ0n) is 12.4. The van der Waals surface area contributed by atoms with E-state index < -0.39 is 5.97 Å². The first-order valence-electron chi connectivity index (χ1n) is 7.21. The summed E-state index contributed by atoms with van der Waals surface area (Å²) in [6.07, 6.45) is 0.959. The van der Waals surface area contributed by atoms with Crippen molar-refractivity contribution in [1.82, 2.24) is 4.90 Å². The molecule has 0 bridgehead atoms. The Morgan fingerprint density at radius 2 is 1.90 bits per heavy atom. The molecular weight excluding hydrogens is 270 g/mol. The molecule has 1 fully saturated rings. The van der Waals surface area contributed by atoms with Crippen LogP contribution in [0.1, 0.15) is 41.0 Å². The van der Waals surface area contributed by atoms with Gasteiger partial charge in [-0.25, -0.2) is 4.79 Å². The van der Waals surface area contributed by atoms with Crippen molar-refractivity contribution in [3.8, 4) is 0 Å². The van der Waals surface area contributed by atoms with Gasteiger partial charge in [-0.2, -0.15) is 0 Å². The average molecular weight is 291 g/mol. The van der Waals surface area contributed by atoms with Crippen LogP contribution < -0.4 is 0 Å². The Labute approximate surface area is 124 Å². The molecule has 1 heterocycles. The molecule has 1 atom stereocenters. The summed E-state index contributed by atoms with van der Waals surface area (Å²) in [5.74, 6) is -0.571. The van der Waals surface area contributed by atoms with E-state index in [9.17, 15) is 9.59 Å². The summed E-state index contributed by atoms with van der Waals surface area (Å²) in [4.78, 5) is 24.9. The monoisotopic (exact) mass is 291 g/mol. The highest BCUT2D eigenvalue weighted by atomic mass is 16.5. The van der Waals surface area contributed by atoms with Crippen LogP contribution >= 0.6 is 0 Å². The summed E-state index contributed by atoms with van der Waals surface area (Å²) in [5, 5.41) is 8.85. The molecule has 2 rings (SSSR count). The van der Waals surface area contributed by atoms with Crippen LogP contribution in [0, 0.1) is 5.92 Å². The fourth-order valence-electron chi connectivity index (χ4n) is 2.32. The van der Waals surface area contributed by atoms with Gasteiger partial charge in [-0.15, -0.1) is 0 Å². The number of carboxylic acid groups (broad SMARTS) is 1. The highest BCUT2D eigenvalue weighted by Crippen LogP contribution is 2.17. The van der Waals surface area contributed by atoms with Crippen molar-refractivity contribution in [3.05, 3.63) is 35.4 Å². The zero-order valence-corrected chi connectivity index (χ0v) is 12.4. The maximum absolute atomic E-state index is 12.3. The van der Waals surface area contributed by atoms with Crippen LogP contribution in [0.3, 0.4) is 0 Å². The predicted octanol–water partition coefficient (Wildman–Crippen LogP) is 2.27. The largest absolute Gasteiger partial charge is 0.478 e. The lowest BCUT2D eigenvalue weighted by atomic mass is 10.1. The molecule has 1 unspecified atom stereocenters. The normalized spacial score (nSPS) is 18.2. The first kappa shape index (κ1) is 15.5. The van der Waals surface area contributed by atoms with Crippen molar-refractivity contribution in [3.63, 3.8) is 0 Å². The molecule has 1 saturated heterocycles. The summed E-state index contributed by atoms with van der Waals surface area (Å²) < 4.78 is 5.76. The van der Waals surface area contributed by atoms with E-state index in [0.717, 1.165) is 6.42 Å². The van der Waals surface area contributed by atoms with Gasteiger partial charge in [0.1, 0.15) is 0 Å². The van der Waals surface area contributed by atoms with Crippen LogP contribution in [-0.2, 0) is 4.74 Å². The van der Waals surface area contributed by atoms with Crippen molar-refractivity contribution in [1.29, 1.82) is 0 Å². The van der Waals surface area contributed by atoms with Gasteiger partial charge in [0.05, 0.1) is 11.7 Å². The molecule has 114 valence electrons. The second-order valence-corrected chi connectivity index (χ2v) is 5.77. The Morgan fingerprint density at radius 1 is 1.29 bits per heavy atom. The van der Waals surface area contributed by atoms with E-state index in [1.807, 2.05) is 0 Å². The van der Waals surface area contributed by atoms with Crippen molar-refractivity contribution in [2.45, 2.75) is 26.4 Å². The molecule has 5 nitrogen and oxygen atoms in total. The van der Waals surface area contributed by atoms with Gasteiger partial charge in [-0.05, 0) is 36.6 Å². The number of amides is 1. The quantitative estimate of drug-likeness (QED) is 0.903. The van der Waals surface area contributed by atoms with Crippen LogP contribution in [0.15, 0.2) is 24.3 Å². The highest BCUT2D eigenvalue weighted by Gasteiger charge is 2.27. The average Bonchev–Trinajstić information content (AvgIpc) is 2.93. The second-order valence-electron chi connectivity index (χ2n) is 5.77. The van der Waals surface area contributed by atoms with Gasteiger partial charge in [0.15, 0.2) is 0 Å². The van der Waals surface area contributed by atoms with Crippen LogP contribution in [0.2, 0.25) is 0 Å². The summed E-state index contributed by atoms with van der Waals surface area (Å²) in [6, 6.07) is 6.04. The Bertz CT molecular complexity index is 510. The Hall–Kier alpha value is -1.88. The molecule has 0 spiro atoms. The number of carbonyl (C=O) groups excluding carboxylic acids is 1. The first-order chi connectivity index (χ1) is 9.97. The van der Waals surface area contributed by atoms with Crippen LogP contribution in [0.25, 0.3) is 0 Å². The molecule has 0 aromatic heterocycles. The number of hydrogen-bond acceptors (Lipinski definition) is 3. The van der Waals surface area contributed by atoms with Gasteiger partial charge in [-0.3, -0.25) is 4.79 Å². The highest BCUT2D eigenvalue weighted by molar-refractivity contribution is 5.96. The van der Waals surface area contributed by atoms with Gasteiger partial charge >= 0.3 is 5.97 Å². The third-order valence-electron chi connectivity index (χ3n) is 3.48. The minimum absolute atomic E-state index is 0.0671. The van der Waals surface area contributed by atoms with E-state index in [4.69, 9.17) is 9.84 Å². The lowest BCUT2D eigenvalue weighted by Crippen LogP contribution is -2.30. The molecular formula is C16H21NO4. The Morgan fingerprint density at radius 3 is 2.48 bits per heavy atom. The number of aromatic carboxylic acids is 1. The fraction of sp³-hybridized carbons (Fsp3) is 0.500.